The Labute approximate surface area is 97.2 Å². The molecule has 1 aromatic carbocycles. The molecular formula is C15H18O. The van der Waals surface area contributed by atoms with Crippen LogP contribution in [0.15, 0.2) is 29.8 Å². The van der Waals surface area contributed by atoms with E-state index in [0.717, 1.165) is 5.57 Å². The highest BCUT2D eigenvalue weighted by Crippen LogP contribution is 2.45. The topological polar surface area (TPSA) is 17.1 Å². The number of carbonyl (C=O) groups excluding carboxylic acids is 1. The van der Waals surface area contributed by atoms with Gasteiger partial charge in [-0.25, -0.2) is 0 Å². The molecule has 0 saturated heterocycles. The third-order valence-corrected chi connectivity index (χ3v) is 3.41. The van der Waals surface area contributed by atoms with E-state index < -0.39 is 0 Å². The summed E-state index contributed by atoms with van der Waals surface area (Å²) in [6.07, 6.45) is 0.641. The number of hydrogen-bond acceptors (Lipinski definition) is 1. The van der Waals surface area contributed by atoms with E-state index in [-0.39, 0.29) is 5.41 Å². The highest BCUT2D eigenvalue weighted by molar-refractivity contribution is 6.08. The zero-order chi connectivity index (χ0) is 11.9. The number of carbonyl (C=O) groups is 1. The normalized spacial score (nSPS) is 19.4. The maximum atomic E-state index is 11.8. The first-order chi connectivity index (χ1) is 7.42. The minimum Gasteiger partial charge on any atom is -0.295 e. The van der Waals surface area contributed by atoms with Gasteiger partial charge >= 0.3 is 0 Å². The highest BCUT2D eigenvalue weighted by atomic mass is 16.1. The molecular weight excluding hydrogens is 196 g/mol. The first-order valence-electron chi connectivity index (χ1n) is 5.73. The second kappa shape index (κ2) is 3.58. The molecule has 1 aromatic rings. The van der Waals surface area contributed by atoms with E-state index in [1.54, 1.807) is 0 Å². The van der Waals surface area contributed by atoms with Gasteiger partial charge in [0.1, 0.15) is 0 Å². The van der Waals surface area contributed by atoms with E-state index in [9.17, 15) is 4.79 Å². The van der Waals surface area contributed by atoms with Crippen LogP contribution in [0.25, 0.3) is 5.57 Å². The number of Topliss-reactive ketones (excluding diaryl/α,β-unsaturated/α-hetero) is 1. The van der Waals surface area contributed by atoms with Gasteiger partial charge in [0.25, 0.3) is 0 Å². The van der Waals surface area contributed by atoms with Gasteiger partial charge in [-0.05, 0) is 36.0 Å². The Morgan fingerprint density at radius 1 is 1.06 bits per heavy atom. The molecule has 0 spiro atoms. The summed E-state index contributed by atoms with van der Waals surface area (Å²) in [5.41, 5.74) is 4.59. The van der Waals surface area contributed by atoms with Crippen molar-refractivity contribution in [3.05, 3.63) is 41.0 Å². The van der Waals surface area contributed by atoms with Crippen molar-refractivity contribution in [2.75, 3.05) is 0 Å². The van der Waals surface area contributed by atoms with Crippen molar-refractivity contribution in [3.63, 3.8) is 0 Å². The number of benzene rings is 1. The molecule has 0 atom stereocenters. The van der Waals surface area contributed by atoms with Gasteiger partial charge in [-0.15, -0.1) is 0 Å². The fourth-order valence-electron chi connectivity index (χ4n) is 2.60. The second-order valence-electron chi connectivity index (χ2n) is 5.35. The molecule has 1 heteroatoms. The fourth-order valence-corrected chi connectivity index (χ4v) is 2.60. The number of aryl methyl sites for hydroxylation is 1. The van der Waals surface area contributed by atoms with Gasteiger partial charge in [0.05, 0.1) is 0 Å². The second-order valence-corrected chi connectivity index (χ2v) is 5.35. The third kappa shape index (κ3) is 1.71. The Kier molecular flexibility index (Phi) is 2.49. The van der Waals surface area contributed by atoms with E-state index in [1.165, 1.54) is 16.7 Å². The van der Waals surface area contributed by atoms with Crippen LogP contribution in [0.4, 0.5) is 0 Å². The molecule has 84 valence electrons. The van der Waals surface area contributed by atoms with E-state index in [1.807, 2.05) is 6.92 Å². The Morgan fingerprint density at radius 2 is 1.62 bits per heavy atom. The van der Waals surface area contributed by atoms with Crippen LogP contribution < -0.4 is 0 Å². The molecule has 1 aliphatic rings. The molecule has 2 rings (SSSR count). The van der Waals surface area contributed by atoms with E-state index in [4.69, 9.17) is 0 Å². The van der Waals surface area contributed by atoms with E-state index >= 15 is 0 Å². The Hall–Kier alpha value is -1.37. The monoisotopic (exact) mass is 214 g/mol. The molecule has 0 fully saturated rings. The summed E-state index contributed by atoms with van der Waals surface area (Å²) < 4.78 is 0. The van der Waals surface area contributed by atoms with Gasteiger partial charge in [0.15, 0.2) is 5.78 Å². The lowest BCUT2D eigenvalue weighted by molar-refractivity contribution is -0.115. The number of allylic oxidation sites excluding steroid dienone is 2. The molecule has 0 aromatic heterocycles. The standard InChI is InChI=1S/C15H18O/c1-10-5-7-12(8-6-10)14-11(2)13(16)9-15(14,3)4/h5-8H,9H2,1-4H3. The molecule has 16 heavy (non-hydrogen) atoms. The molecule has 0 bridgehead atoms. The third-order valence-electron chi connectivity index (χ3n) is 3.41. The van der Waals surface area contributed by atoms with E-state index in [0.29, 0.717) is 12.2 Å². The largest absolute Gasteiger partial charge is 0.295 e. The van der Waals surface area contributed by atoms with Gasteiger partial charge < -0.3 is 0 Å². The van der Waals surface area contributed by atoms with Gasteiger partial charge in [-0.3, -0.25) is 4.79 Å². The Bertz CT molecular complexity index is 461. The minimum absolute atomic E-state index is 0.0174. The van der Waals surface area contributed by atoms with E-state index in [2.05, 4.69) is 45.0 Å². The van der Waals surface area contributed by atoms with Crippen LogP contribution in [0.3, 0.4) is 0 Å². The maximum Gasteiger partial charge on any atom is 0.159 e. The summed E-state index contributed by atoms with van der Waals surface area (Å²) in [7, 11) is 0. The van der Waals surface area contributed by atoms with Crippen LogP contribution in [-0.4, -0.2) is 5.78 Å². The quantitative estimate of drug-likeness (QED) is 0.695. The summed E-state index contributed by atoms with van der Waals surface area (Å²) in [5, 5.41) is 0. The average molecular weight is 214 g/mol. The maximum absolute atomic E-state index is 11.8. The molecule has 0 aliphatic heterocycles. The van der Waals surface area contributed by atoms with Crippen LogP contribution >= 0.6 is 0 Å². The van der Waals surface area contributed by atoms with Crippen molar-refractivity contribution >= 4 is 11.4 Å². The molecule has 0 heterocycles. The number of ketones is 1. The SMILES string of the molecule is CC1=C(c2ccc(C)cc2)C(C)(C)CC1=O. The molecule has 0 saturated carbocycles. The van der Waals surface area contributed by atoms with Crippen molar-refractivity contribution in [3.8, 4) is 0 Å². The lowest BCUT2D eigenvalue weighted by Gasteiger charge is -2.22. The molecule has 0 unspecified atom stereocenters. The predicted octanol–water partition coefficient (Wildman–Crippen LogP) is 3.77. The summed E-state index contributed by atoms with van der Waals surface area (Å²) in [6, 6.07) is 8.45. The van der Waals surface area contributed by atoms with Crippen LogP contribution in [0.2, 0.25) is 0 Å². The van der Waals surface area contributed by atoms with Gasteiger partial charge in [0.2, 0.25) is 0 Å². The minimum atomic E-state index is -0.0174. The van der Waals surface area contributed by atoms with Crippen molar-refractivity contribution in [2.45, 2.75) is 34.1 Å². The molecule has 0 amide bonds. The van der Waals surface area contributed by atoms with Crippen LogP contribution in [0.1, 0.15) is 38.3 Å². The molecule has 0 radical (unpaired) electrons. The van der Waals surface area contributed by atoms with Crippen LogP contribution in [0.5, 0.6) is 0 Å². The van der Waals surface area contributed by atoms with Crippen molar-refractivity contribution in [1.29, 1.82) is 0 Å². The zero-order valence-electron chi connectivity index (χ0n) is 10.4. The smallest absolute Gasteiger partial charge is 0.159 e. The summed E-state index contributed by atoms with van der Waals surface area (Å²) in [6.45, 7) is 8.33. The number of hydrogen-bond donors (Lipinski definition) is 0. The average Bonchev–Trinajstić information content (AvgIpc) is 2.39. The van der Waals surface area contributed by atoms with Crippen LogP contribution in [-0.2, 0) is 4.79 Å². The lowest BCUT2D eigenvalue weighted by Crippen LogP contribution is -2.10. The number of rotatable bonds is 1. The molecule has 0 N–H and O–H groups in total. The summed E-state index contributed by atoms with van der Waals surface area (Å²) in [4.78, 5) is 11.8. The zero-order valence-corrected chi connectivity index (χ0v) is 10.4. The van der Waals surface area contributed by atoms with Crippen LogP contribution in [0, 0.1) is 12.3 Å². The van der Waals surface area contributed by atoms with Gasteiger partial charge in [-0.1, -0.05) is 43.7 Å². The summed E-state index contributed by atoms with van der Waals surface area (Å²) in [5.74, 6) is 0.292. The van der Waals surface area contributed by atoms with Crippen molar-refractivity contribution < 1.29 is 4.79 Å². The molecule has 1 aliphatic carbocycles. The first-order valence-corrected chi connectivity index (χ1v) is 5.73. The van der Waals surface area contributed by atoms with Gasteiger partial charge in [0, 0.05) is 6.42 Å². The first kappa shape index (κ1) is 11.1. The summed E-state index contributed by atoms with van der Waals surface area (Å²) >= 11 is 0. The Morgan fingerprint density at radius 3 is 2.06 bits per heavy atom. The fraction of sp³-hybridized carbons (Fsp3) is 0.400. The van der Waals surface area contributed by atoms with Crippen molar-refractivity contribution in [2.24, 2.45) is 5.41 Å². The van der Waals surface area contributed by atoms with Gasteiger partial charge in [-0.2, -0.15) is 0 Å². The molecule has 1 nitrogen and oxygen atoms in total. The Balaban J connectivity index is 2.54. The lowest BCUT2D eigenvalue weighted by atomic mass is 9.81. The predicted molar refractivity (Wildman–Crippen MR) is 67.2 cm³/mol. The highest BCUT2D eigenvalue weighted by Gasteiger charge is 2.36. The van der Waals surface area contributed by atoms with Crippen molar-refractivity contribution in [1.82, 2.24) is 0 Å².